The number of piperidine rings is 1. The van der Waals surface area contributed by atoms with Gasteiger partial charge >= 0.3 is 6.01 Å². The van der Waals surface area contributed by atoms with E-state index in [4.69, 9.17) is 25.4 Å². The third kappa shape index (κ3) is 10.7. The summed E-state index contributed by atoms with van der Waals surface area (Å²) < 4.78 is 50.2. The Morgan fingerprint density at radius 1 is 0.987 bits per heavy atom. The number of carbonyl (C=O) groups excluding carboxylic acids is 2. The van der Waals surface area contributed by atoms with E-state index in [0.29, 0.717) is 48.6 Å². The maximum Gasteiger partial charge on any atom is 0.319 e. The third-order valence-corrected chi connectivity index (χ3v) is 16.8. The number of pyridine rings is 1. The van der Waals surface area contributed by atoms with Gasteiger partial charge in [0.15, 0.2) is 11.6 Å². The van der Waals surface area contributed by atoms with Crippen molar-refractivity contribution in [3.05, 3.63) is 101 Å². The molecule has 4 aliphatic heterocycles. The number of benzene rings is 3. The molecule has 0 spiro atoms. The van der Waals surface area contributed by atoms with Crippen LogP contribution in [0.1, 0.15) is 87.4 Å². The minimum absolute atomic E-state index is 0.0147. The molecule has 4 aromatic heterocycles. The van der Waals surface area contributed by atoms with Crippen LogP contribution in [0.2, 0.25) is 0 Å². The summed E-state index contributed by atoms with van der Waals surface area (Å²) in [4.78, 5) is 53.4. The Balaban J connectivity index is 0.705. The van der Waals surface area contributed by atoms with Crippen LogP contribution in [0.4, 0.5) is 14.6 Å². The molecular formula is C58H62F2N10O7S. The Labute approximate surface area is 454 Å². The molecule has 4 saturated heterocycles. The van der Waals surface area contributed by atoms with E-state index in [-0.39, 0.29) is 107 Å². The first kappa shape index (κ1) is 52.7. The zero-order chi connectivity index (χ0) is 54.4. The van der Waals surface area contributed by atoms with Crippen molar-refractivity contribution in [2.24, 2.45) is 11.8 Å². The van der Waals surface area contributed by atoms with E-state index in [1.165, 1.54) is 35.4 Å². The highest BCUT2D eigenvalue weighted by molar-refractivity contribution is 7.13. The molecule has 4 aliphatic rings. The van der Waals surface area contributed by atoms with Gasteiger partial charge in [0, 0.05) is 67.9 Å². The van der Waals surface area contributed by atoms with E-state index in [1.807, 2.05) is 57.5 Å². The Morgan fingerprint density at radius 3 is 2.47 bits per heavy atom. The molecule has 4 unspecified atom stereocenters. The summed E-state index contributed by atoms with van der Waals surface area (Å²) >= 11 is 1.58. The van der Waals surface area contributed by atoms with Crippen molar-refractivity contribution >= 4 is 50.6 Å². The number of thiazole rings is 1. The van der Waals surface area contributed by atoms with Crippen molar-refractivity contribution in [3.63, 3.8) is 0 Å². The maximum atomic E-state index is 17.1. The SMILES string of the molecule is C#Cc1c(F)ccc2cc(O)cc(-c3ncc4c(N5CC6CCC(C5)N6)nc(OCCN5CCC(COc6cc(C(C(=O)N7C[C@H](O)C[C@H]7C(=O)NC(C)c7ccc(-c8scnc8C)cc7)C(C)C)on6)CC5)nc4c3F)c12. The molecule has 0 radical (unpaired) electrons. The van der Waals surface area contributed by atoms with Crippen molar-refractivity contribution < 1.29 is 42.6 Å². The summed E-state index contributed by atoms with van der Waals surface area (Å²) in [5.41, 5.74) is 4.66. The monoisotopic (exact) mass is 1080 g/mol. The van der Waals surface area contributed by atoms with E-state index in [0.717, 1.165) is 60.5 Å². The number of aliphatic hydroxyl groups is 1. The van der Waals surface area contributed by atoms with Gasteiger partial charge in [-0.25, -0.2) is 13.8 Å². The number of ether oxygens (including phenoxy) is 2. The molecule has 406 valence electrons. The smallest absolute Gasteiger partial charge is 0.319 e. The number of nitrogens with zero attached hydrogens (tertiary/aromatic N) is 8. The highest BCUT2D eigenvalue weighted by atomic mass is 32.1. The fourth-order valence-corrected chi connectivity index (χ4v) is 12.5. The van der Waals surface area contributed by atoms with Crippen molar-refractivity contribution in [1.82, 2.24) is 45.5 Å². The summed E-state index contributed by atoms with van der Waals surface area (Å²) in [6, 6.07) is 14.4. The topological polar surface area (TPSA) is 204 Å². The lowest BCUT2D eigenvalue weighted by molar-refractivity contribution is -0.141. The Morgan fingerprint density at radius 2 is 1.76 bits per heavy atom. The van der Waals surface area contributed by atoms with Crippen LogP contribution >= 0.6 is 11.3 Å². The second-order valence-electron chi connectivity index (χ2n) is 21.5. The number of nitrogens with one attached hydrogen (secondary N) is 2. The van der Waals surface area contributed by atoms with E-state index < -0.39 is 29.7 Å². The predicted octanol–water partition coefficient (Wildman–Crippen LogP) is 7.92. The number of hydrogen-bond donors (Lipinski definition) is 4. The molecule has 17 nitrogen and oxygen atoms in total. The summed E-state index contributed by atoms with van der Waals surface area (Å²) in [6.07, 6.45) is 10.3. The van der Waals surface area contributed by atoms with Gasteiger partial charge in [-0.15, -0.1) is 17.8 Å². The molecule has 0 saturated carbocycles. The molecule has 2 amide bonds. The minimum Gasteiger partial charge on any atom is -0.508 e. The molecule has 6 atom stereocenters. The van der Waals surface area contributed by atoms with Gasteiger partial charge < -0.3 is 44.6 Å². The number of β-amino-alcohol motifs (C(OH)–C–C–N with tert-alkyl or cyclic N) is 1. The number of rotatable bonds is 16. The summed E-state index contributed by atoms with van der Waals surface area (Å²) in [7, 11) is 0. The van der Waals surface area contributed by atoms with E-state index >= 15 is 8.78 Å². The number of fused-ring (bicyclic) bond motifs is 4. The fourth-order valence-electron chi connectivity index (χ4n) is 11.7. The maximum absolute atomic E-state index is 17.1. The van der Waals surface area contributed by atoms with Gasteiger partial charge in [-0.1, -0.05) is 50.1 Å². The van der Waals surface area contributed by atoms with Gasteiger partial charge in [-0.2, -0.15) is 9.97 Å². The van der Waals surface area contributed by atoms with Crippen LogP contribution in [0.5, 0.6) is 17.6 Å². The molecule has 2 bridgehead atoms. The number of carbonyl (C=O) groups is 2. The van der Waals surface area contributed by atoms with Crippen LogP contribution in [0.25, 0.3) is 43.4 Å². The first-order valence-electron chi connectivity index (χ1n) is 26.7. The number of anilines is 1. The third-order valence-electron chi connectivity index (χ3n) is 15.8. The number of phenols is 1. The van der Waals surface area contributed by atoms with E-state index in [2.05, 4.69) is 46.5 Å². The van der Waals surface area contributed by atoms with Crippen molar-refractivity contribution in [2.45, 2.75) is 96.0 Å². The number of halogens is 2. The highest BCUT2D eigenvalue weighted by Crippen LogP contribution is 2.40. The fraction of sp³-hybridized carbons (Fsp3) is 0.431. The number of aliphatic hydroxyl groups excluding tert-OH is 1. The van der Waals surface area contributed by atoms with Crippen LogP contribution in [0, 0.1) is 42.7 Å². The van der Waals surface area contributed by atoms with Crippen LogP contribution in [-0.4, -0.2) is 134 Å². The van der Waals surface area contributed by atoms with Gasteiger partial charge in [0.25, 0.3) is 5.88 Å². The average Bonchev–Trinajstić information content (AvgIpc) is 4.37. The molecule has 3 aromatic carbocycles. The second-order valence-corrected chi connectivity index (χ2v) is 22.3. The van der Waals surface area contributed by atoms with Crippen LogP contribution < -0.4 is 25.0 Å². The lowest BCUT2D eigenvalue weighted by atomic mass is 9.91. The molecule has 11 rings (SSSR count). The number of aromatic nitrogens is 5. The lowest BCUT2D eigenvalue weighted by Gasteiger charge is -2.34. The molecule has 7 aromatic rings. The lowest BCUT2D eigenvalue weighted by Crippen LogP contribution is -2.51. The highest BCUT2D eigenvalue weighted by Gasteiger charge is 2.44. The van der Waals surface area contributed by atoms with E-state index in [1.54, 1.807) is 17.4 Å². The zero-order valence-electron chi connectivity index (χ0n) is 43.9. The quantitative estimate of drug-likeness (QED) is 0.0679. The molecule has 8 heterocycles. The number of phenolic OH excluding ortho intramolecular Hbond substituents is 1. The van der Waals surface area contributed by atoms with Crippen LogP contribution in [0.3, 0.4) is 0 Å². The van der Waals surface area contributed by atoms with Crippen molar-refractivity contribution in [1.29, 1.82) is 0 Å². The van der Waals surface area contributed by atoms with Gasteiger partial charge in [-0.05, 0) is 104 Å². The number of hydrogen-bond acceptors (Lipinski definition) is 16. The number of likely N-dealkylation sites (tertiary alicyclic amines) is 2. The molecule has 78 heavy (non-hydrogen) atoms. The van der Waals surface area contributed by atoms with Crippen LogP contribution in [0.15, 0.2) is 70.8 Å². The molecule has 20 heteroatoms. The zero-order valence-corrected chi connectivity index (χ0v) is 44.7. The van der Waals surface area contributed by atoms with Gasteiger partial charge in [0.05, 0.1) is 45.8 Å². The summed E-state index contributed by atoms with van der Waals surface area (Å²) in [5, 5.41) is 33.4. The van der Waals surface area contributed by atoms with E-state index in [9.17, 15) is 19.8 Å². The molecular weight excluding hydrogens is 1020 g/mol. The predicted molar refractivity (Wildman–Crippen MR) is 291 cm³/mol. The summed E-state index contributed by atoms with van der Waals surface area (Å²) in [6.45, 7) is 11.8. The Bertz CT molecular complexity index is 3400. The Hall–Kier alpha value is -7.31. The Kier molecular flexibility index (Phi) is 15.0. The average molecular weight is 1080 g/mol. The molecule has 0 aliphatic carbocycles. The van der Waals surface area contributed by atoms with Crippen molar-refractivity contribution in [3.8, 4) is 51.7 Å². The second kappa shape index (κ2) is 22.2. The molecule has 4 fully saturated rings. The molecule has 4 N–H and O–H groups in total. The van der Waals surface area contributed by atoms with Crippen molar-refractivity contribution in [2.75, 3.05) is 57.4 Å². The number of terminal acetylenes is 1. The number of aryl methyl sites for hydroxylation is 1. The number of aromatic hydroxyl groups is 1. The first-order chi connectivity index (χ1) is 37.7. The first-order valence-corrected chi connectivity index (χ1v) is 27.6. The number of piperazine rings is 1. The minimum atomic E-state index is -0.863. The largest absolute Gasteiger partial charge is 0.508 e. The van der Waals surface area contributed by atoms with Gasteiger partial charge in [0.1, 0.15) is 47.2 Å². The van der Waals surface area contributed by atoms with Crippen LogP contribution in [-0.2, 0) is 9.59 Å². The normalized spacial score (nSPS) is 20.6. The number of amides is 2. The van der Waals surface area contributed by atoms with Gasteiger partial charge in [0.2, 0.25) is 11.8 Å². The van der Waals surface area contributed by atoms with Gasteiger partial charge in [-0.3, -0.25) is 19.5 Å². The summed E-state index contributed by atoms with van der Waals surface area (Å²) in [5.74, 6) is 0.493. The standard InChI is InChI=1S/C58H62F2N10O7S/c1-6-42-45(59)14-11-37-21-40(71)22-43(50(37)42)52-51(60)53-44(25-61-52)55(69-26-38-12-13-39(27-69)64-38)66-58(65-53)75-20-19-68-17-15-34(16-18-68)29-76-48-24-47(77-67-48)49(31(2)3)57(74)70-28-41(72)23-46(70)56(73)63-32(4)35-7-9-36(10-8-35)54-33(5)62-30-78-54/h1,7-11,14,21-22,24-25,30-32,34,38-39,41,46,49,64,71-72H,12-13,15-20,23,26-29H2,2-5H3,(H,63,73)/t32?,38?,39?,41-,46+,49?/m1/s1.